The summed E-state index contributed by atoms with van der Waals surface area (Å²) in [5, 5.41) is 0. The van der Waals surface area contributed by atoms with E-state index in [2.05, 4.69) is 0 Å². The van der Waals surface area contributed by atoms with Crippen molar-refractivity contribution in [2.45, 2.75) is 13.0 Å². The largest absolute Gasteiger partial charge is 0.398 e. The number of carbonyl (C=O) groups excluding carboxylic acids is 1. The van der Waals surface area contributed by atoms with E-state index in [1.54, 1.807) is 7.11 Å². The molecule has 1 aromatic carbocycles. The van der Waals surface area contributed by atoms with Crippen molar-refractivity contribution in [1.29, 1.82) is 0 Å². The third kappa shape index (κ3) is 1.88. The topological polar surface area (TPSA) is 55.6 Å². The summed E-state index contributed by atoms with van der Waals surface area (Å²) in [5.74, 6) is 0.0819. The van der Waals surface area contributed by atoms with Crippen LogP contribution in [-0.4, -0.2) is 31.1 Å². The van der Waals surface area contributed by atoms with Crippen molar-refractivity contribution in [3.05, 3.63) is 29.3 Å². The Morgan fingerprint density at radius 3 is 3.00 bits per heavy atom. The van der Waals surface area contributed by atoms with E-state index in [1.807, 2.05) is 23.1 Å². The number of anilines is 1. The second-order valence-corrected chi connectivity index (χ2v) is 3.95. The number of carbonyl (C=O) groups is 1. The summed E-state index contributed by atoms with van der Waals surface area (Å²) in [5.41, 5.74) is 8.27. The first-order chi connectivity index (χ1) is 7.74. The summed E-state index contributed by atoms with van der Waals surface area (Å²) in [4.78, 5) is 13.8. The lowest BCUT2D eigenvalue weighted by Crippen LogP contribution is -2.25. The molecule has 0 aliphatic carbocycles. The number of nitrogens with two attached hydrogens (primary N) is 1. The number of amides is 1. The lowest BCUT2D eigenvalue weighted by Gasteiger charge is -2.14. The minimum atomic E-state index is 0.0819. The molecule has 0 spiro atoms. The van der Waals surface area contributed by atoms with Crippen molar-refractivity contribution in [1.82, 2.24) is 4.90 Å². The van der Waals surface area contributed by atoms with Crippen molar-refractivity contribution >= 4 is 11.6 Å². The molecule has 0 aromatic heterocycles. The van der Waals surface area contributed by atoms with Crippen LogP contribution in [-0.2, 0) is 11.3 Å². The third-order valence-corrected chi connectivity index (χ3v) is 2.86. The van der Waals surface area contributed by atoms with Gasteiger partial charge in [0.1, 0.15) is 0 Å². The molecule has 1 aromatic rings. The molecule has 0 saturated carbocycles. The molecule has 0 radical (unpaired) electrons. The number of methoxy groups -OCH3 is 1. The maximum atomic E-state index is 12.0. The van der Waals surface area contributed by atoms with Gasteiger partial charge in [0.2, 0.25) is 0 Å². The predicted octanol–water partition coefficient (Wildman–Crippen LogP) is 1.26. The van der Waals surface area contributed by atoms with Crippen LogP contribution in [0.1, 0.15) is 22.3 Å². The maximum absolute atomic E-state index is 12.0. The summed E-state index contributed by atoms with van der Waals surface area (Å²) in [6.45, 7) is 2.03. The van der Waals surface area contributed by atoms with E-state index < -0.39 is 0 Å². The van der Waals surface area contributed by atoms with Gasteiger partial charge < -0.3 is 15.4 Å². The van der Waals surface area contributed by atoms with E-state index in [4.69, 9.17) is 10.5 Å². The lowest BCUT2D eigenvalue weighted by atomic mass is 10.1. The van der Waals surface area contributed by atoms with Gasteiger partial charge in [-0.15, -0.1) is 0 Å². The first-order valence-electron chi connectivity index (χ1n) is 5.39. The van der Waals surface area contributed by atoms with E-state index in [0.29, 0.717) is 18.8 Å². The van der Waals surface area contributed by atoms with Gasteiger partial charge in [0.15, 0.2) is 0 Å². The molecule has 2 N–H and O–H groups in total. The molecule has 1 aliphatic rings. The first-order valence-corrected chi connectivity index (χ1v) is 5.39. The zero-order chi connectivity index (χ0) is 11.5. The number of rotatable bonds is 4. The maximum Gasteiger partial charge on any atom is 0.254 e. The minimum absolute atomic E-state index is 0.0819. The number of nitrogens with zero attached hydrogens (tertiary/aromatic N) is 1. The van der Waals surface area contributed by atoms with Gasteiger partial charge in [-0.25, -0.2) is 0 Å². The van der Waals surface area contributed by atoms with E-state index in [9.17, 15) is 4.79 Å². The Labute approximate surface area is 95.0 Å². The quantitative estimate of drug-likeness (QED) is 0.614. The van der Waals surface area contributed by atoms with Crippen LogP contribution in [0.25, 0.3) is 0 Å². The molecule has 1 amide bonds. The number of fused-ring (bicyclic) bond motifs is 1. The number of nitrogen functional groups attached to an aromatic ring is 1. The summed E-state index contributed by atoms with van der Waals surface area (Å²) < 4.78 is 4.98. The van der Waals surface area contributed by atoms with E-state index in [0.717, 1.165) is 24.1 Å². The first kappa shape index (κ1) is 11.0. The highest BCUT2D eigenvalue weighted by atomic mass is 16.5. The molecule has 1 heterocycles. The highest BCUT2D eigenvalue weighted by molar-refractivity contribution is 5.99. The Bertz CT molecular complexity index is 404. The van der Waals surface area contributed by atoms with Crippen LogP contribution in [0.4, 0.5) is 5.69 Å². The van der Waals surface area contributed by atoms with E-state index in [-0.39, 0.29) is 5.91 Å². The molecule has 4 heteroatoms. The number of benzene rings is 1. The molecule has 0 unspecified atom stereocenters. The smallest absolute Gasteiger partial charge is 0.254 e. The second kappa shape index (κ2) is 4.53. The molecule has 2 rings (SSSR count). The van der Waals surface area contributed by atoms with Crippen molar-refractivity contribution in [2.75, 3.05) is 26.0 Å². The molecular weight excluding hydrogens is 204 g/mol. The van der Waals surface area contributed by atoms with Crippen LogP contribution in [0.15, 0.2) is 18.2 Å². The van der Waals surface area contributed by atoms with Gasteiger partial charge in [0.05, 0.1) is 0 Å². The SMILES string of the molecule is COCCCN1Cc2c(N)cccc2C1=O. The Balaban J connectivity index is 2.09. The number of hydrogen-bond acceptors (Lipinski definition) is 3. The predicted molar refractivity (Wildman–Crippen MR) is 62.1 cm³/mol. The molecule has 0 saturated heterocycles. The summed E-state index contributed by atoms with van der Waals surface area (Å²) in [6.07, 6.45) is 0.857. The van der Waals surface area contributed by atoms with Crippen LogP contribution in [0.5, 0.6) is 0 Å². The molecular formula is C12H16N2O2. The molecule has 0 fully saturated rings. The van der Waals surface area contributed by atoms with Gasteiger partial charge in [-0.1, -0.05) is 6.07 Å². The highest BCUT2D eigenvalue weighted by Gasteiger charge is 2.27. The van der Waals surface area contributed by atoms with Gasteiger partial charge in [-0.2, -0.15) is 0 Å². The third-order valence-electron chi connectivity index (χ3n) is 2.86. The van der Waals surface area contributed by atoms with Crippen molar-refractivity contribution < 1.29 is 9.53 Å². The summed E-state index contributed by atoms with van der Waals surface area (Å²) in [6, 6.07) is 5.50. The van der Waals surface area contributed by atoms with Gasteiger partial charge in [-0.05, 0) is 18.6 Å². The molecule has 0 bridgehead atoms. The summed E-state index contributed by atoms with van der Waals surface area (Å²) >= 11 is 0. The second-order valence-electron chi connectivity index (χ2n) is 3.95. The lowest BCUT2D eigenvalue weighted by molar-refractivity contribution is 0.0760. The van der Waals surface area contributed by atoms with Crippen LogP contribution < -0.4 is 5.73 Å². The molecule has 0 atom stereocenters. The van der Waals surface area contributed by atoms with Crippen LogP contribution in [0, 0.1) is 0 Å². The van der Waals surface area contributed by atoms with Gasteiger partial charge >= 0.3 is 0 Å². The fraction of sp³-hybridized carbons (Fsp3) is 0.417. The van der Waals surface area contributed by atoms with E-state index in [1.165, 1.54) is 0 Å². The number of hydrogen-bond donors (Lipinski definition) is 1. The fourth-order valence-corrected chi connectivity index (χ4v) is 1.99. The standard InChI is InChI=1S/C12H16N2O2/c1-16-7-3-6-14-8-10-9(12(14)15)4-2-5-11(10)13/h2,4-5H,3,6-8,13H2,1H3. The highest BCUT2D eigenvalue weighted by Crippen LogP contribution is 2.27. The Hall–Kier alpha value is -1.55. The molecule has 1 aliphatic heterocycles. The molecule has 86 valence electrons. The Kier molecular flexibility index (Phi) is 3.10. The zero-order valence-corrected chi connectivity index (χ0v) is 9.40. The van der Waals surface area contributed by atoms with E-state index >= 15 is 0 Å². The van der Waals surface area contributed by atoms with Crippen LogP contribution >= 0.6 is 0 Å². The molecule has 4 nitrogen and oxygen atoms in total. The molecule has 16 heavy (non-hydrogen) atoms. The van der Waals surface area contributed by atoms with Crippen LogP contribution in [0.2, 0.25) is 0 Å². The van der Waals surface area contributed by atoms with Crippen molar-refractivity contribution in [3.63, 3.8) is 0 Å². The van der Waals surface area contributed by atoms with Crippen LogP contribution in [0.3, 0.4) is 0 Å². The van der Waals surface area contributed by atoms with Gasteiger partial charge in [0, 0.05) is 43.6 Å². The average Bonchev–Trinajstić information content (AvgIpc) is 2.59. The number of ether oxygens (including phenoxy) is 1. The Morgan fingerprint density at radius 2 is 2.31 bits per heavy atom. The van der Waals surface area contributed by atoms with Crippen molar-refractivity contribution in [3.8, 4) is 0 Å². The van der Waals surface area contributed by atoms with Crippen molar-refractivity contribution in [2.24, 2.45) is 0 Å². The monoisotopic (exact) mass is 220 g/mol. The zero-order valence-electron chi connectivity index (χ0n) is 9.40. The fourth-order valence-electron chi connectivity index (χ4n) is 1.99. The average molecular weight is 220 g/mol. The van der Waals surface area contributed by atoms with Gasteiger partial charge in [0.25, 0.3) is 5.91 Å². The normalized spacial score (nSPS) is 14.3. The Morgan fingerprint density at radius 1 is 1.50 bits per heavy atom. The van der Waals surface area contributed by atoms with Gasteiger partial charge in [-0.3, -0.25) is 4.79 Å². The summed E-state index contributed by atoms with van der Waals surface area (Å²) in [7, 11) is 1.67. The minimum Gasteiger partial charge on any atom is -0.398 e.